The Morgan fingerprint density at radius 2 is 2.10 bits per heavy atom. The van der Waals surface area contributed by atoms with E-state index in [1.807, 2.05) is 6.92 Å². The fourth-order valence-electron chi connectivity index (χ4n) is 0.523. The zero-order valence-corrected chi connectivity index (χ0v) is 7.41. The lowest BCUT2D eigenvalue weighted by Crippen LogP contribution is -2.22. The second-order valence-electron chi connectivity index (χ2n) is 1.72. The van der Waals surface area contributed by atoms with Gasteiger partial charge < -0.3 is 4.90 Å². The number of hydrogen-bond acceptors (Lipinski definition) is 1. The van der Waals surface area contributed by atoms with Gasteiger partial charge in [0, 0.05) is 19.7 Å². The highest BCUT2D eigenvalue weighted by Gasteiger charge is 2.01. The first-order chi connectivity index (χ1) is 4.57. The van der Waals surface area contributed by atoms with Gasteiger partial charge in [0.15, 0.2) is 0 Å². The van der Waals surface area contributed by atoms with E-state index in [-0.39, 0.29) is 10.4 Å². The summed E-state index contributed by atoms with van der Waals surface area (Å²) in [5.41, 5.74) is 0. The van der Waals surface area contributed by atoms with Crippen molar-refractivity contribution >= 4 is 29.1 Å². The zero-order chi connectivity index (χ0) is 8.15. The van der Waals surface area contributed by atoms with Crippen molar-refractivity contribution in [3.63, 3.8) is 0 Å². The van der Waals surface area contributed by atoms with Crippen molar-refractivity contribution in [2.45, 2.75) is 13.8 Å². The molecule has 0 saturated carbocycles. The third-order valence-corrected chi connectivity index (χ3v) is 1.19. The number of nitrogens with zero attached hydrogens (tertiary/aromatic N) is 1. The summed E-state index contributed by atoms with van der Waals surface area (Å²) in [6.45, 7) is 3.88. The Morgan fingerprint density at radius 1 is 1.60 bits per heavy atom. The van der Waals surface area contributed by atoms with Gasteiger partial charge in [-0.2, -0.15) is 0 Å². The third kappa shape index (κ3) is 3.75. The lowest BCUT2D eigenvalue weighted by atomic mass is 10.5. The molecule has 10 heavy (non-hydrogen) atoms. The second kappa shape index (κ2) is 4.58. The Hall–Kier alpha value is -0.210. The molecular formula is C6H9Cl2NO. The molecule has 58 valence electrons. The maximum Gasteiger partial charge on any atom is 0.223 e. The molecule has 0 saturated heterocycles. The van der Waals surface area contributed by atoms with Crippen molar-refractivity contribution in [1.29, 1.82) is 0 Å². The fraction of sp³-hybridized carbons (Fsp3) is 0.500. The first-order valence-electron chi connectivity index (χ1n) is 2.88. The van der Waals surface area contributed by atoms with Crippen LogP contribution in [-0.4, -0.2) is 17.4 Å². The van der Waals surface area contributed by atoms with Gasteiger partial charge in [-0.25, -0.2) is 0 Å². The van der Waals surface area contributed by atoms with Gasteiger partial charge in [0.1, 0.15) is 4.49 Å². The number of halogens is 2. The van der Waals surface area contributed by atoms with E-state index in [9.17, 15) is 4.79 Å². The van der Waals surface area contributed by atoms with Gasteiger partial charge in [-0.3, -0.25) is 4.79 Å². The zero-order valence-electron chi connectivity index (χ0n) is 5.90. The van der Waals surface area contributed by atoms with Crippen LogP contribution in [0.5, 0.6) is 0 Å². The van der Waals surface area contributed by atoms with Crippen LogP contribution < -0.4 is 0 Å². The molecular weight excluding hydrogens is 173 g/mol. The van der Waals surface area contributed by atoms with E-state index in [1.165, 1.54) is 18.0 Å². The van der Waals surface area contributed by atoms with Gasteiger partial charge in [0.2, 0.25) is 5.91 Å². The topological polar surface area (TPSA) is 20.3 Å². The molecule has 0 atom stereocenters. The van der Waals surface area contributed by atoms with Crippen molar-refractivity contribution < 1.29 is 4.79 Å². The molecule has 0 unspecified atom stereocenters. The van der Waals surface area contributed by atoms with Crippen LogP contribution in [-0.2, 0) is 4.79 Å². The summed E-state index contributed by atoms with van der Waals surface area (Å²) in [5.74, 6) is -0.0682. The van der Waals surface area contributed by atoms with Crippen molar-refractivity contribution in [2.75, 3.05) is 6.54 Å². The van der Waals surface area contributed by atoms with Gasteiger partial charge >= 0.3 is 0 Å². The molecule has 0 spiro atoms. The molecule has 0 aromatic rings. The summed E-state index contributed by atoms with van der Waals surface area (Å²) in [4.78, 5) is 12.1. The molecule has 0 heterocycles. The van der Waals surface area contributed by atoms with Crippen LogP contribution >= 0.6 is 23.2 Å². The number of carbonyl (C=O) groups is 1. The minimum absolute atomic E-state index is 0.0682. The van der Waals surface area contributed by atoms with Crippen LogP contribution in [0.3, 0.4) is 0 Å². The van der Waals surface area contributed by atoms with Gasteiger partial charge in [0.25, 0.3) is 0 Å². The van der Waals surface area contributed by atoms with Crippen LogP contribution in [0.1, 0.15) is 13.8 Å². The maximum absolute atomic E-state index is 10.7. The average Bonchev–Trinajstić information content (AvgIpc) is 1.81. The largest absolute Gasteiger partial charge is 0.317 e. The van der Waals surface area contributed by atoms with E-state index >= 15 is 0 Å². The Bertz CT molecular complexity index is 152. The predicted octanol–water partition coefficient (Wildman–Crippen LogP) is 2.13. The van der Waals surface area contributed by atoms with Crippen LogP contribution in [0.15, 0.2) is 10.7 Å². The molecule has 0 radical (unpaired) electrons. The van der Waals surface area contributed by atoms with Crippen LogP contribution in [0.2, 0.25) is 0 Å². The molecule has 0 fully saturated rings. The van der Waals surface area contributed by atoms with Crippen molar-refractivity contribution in [3.05, 3.63) is 10.7 Å². The summed E-state index contributed by atoms with van der Waals surface area (Å²) in [5, 5.41) is 0. The molecule has 0 aliphatic carbocycles. The maximum atomic E-state index is 10.7. The summed E-state index contributed by atoms with van der Waals surface area (Å²) in [6.07, 6.45) is 1.39. The predicted molar refractivity (Wildman–Crippen MR) is 42.9 cm³/mol. The van der Waals surface area contributed by atoms with Crippen molar-refractivity contribution in [1.82, 2.24) is 4.90 Å². The smallest absolute Gasteiger partial charge is 0.223 e. The second-order valence-corrected chi connectivity index (χ2v) is 2.73. The number of rotatable bonds is 2. The highest BCUT2D eigenvalue weighted by atomic mass is 35.5. The minimum atomic E-state index is -0.0682. The average molecular weight is 182 g/mol. The molecule has 0 aromatic heterocycles. The standard InChI is InChI=1S/C6H9Cl2NO/c1-3-9(5(2)10)4-6(7)8/h4H,3H2,1-2H3. The summed E-state index contributed by atoms with van der Waals surface area (Å²) < 4.78 is 0.0945. The number of carbonyl (C=O) groups excluding carboxylic acids is 1. The number of hydrogen-bond donors (Lipinski definition) is 0. The monoisotopic (exact) mass is 181 g/mol. The minimum Gasteiger partial charge on any atom is -0.317 e. The quantitative estimate of drug-likeness (QED) is 0.640. The summed E-state index contributed by atoms with van der Waals surface area (Å²) in [6, 6.07) is 0. The van der Waals surface area contributed by atoms with Gasteiger partial charge in [-0.15, -0.1) is 0 Å². The van der Waals surface area contributed by atoms with Gasteiger partial charge in [0.05, 0.1) is 0 Å². The normalized spacial score (nSPS) is 8.80. The van der Waals surface area contributed by atoms with E-state index in [4.69, 9.17) is 23.2 Å². The molecule has 1 amide bonds. The molecule has 4 heteroatoms. The van der Waals surface area contributed by atoms with Crippen LogP contribution in [0, 0.1) is 0 Å². The van der Waals surface area contributed by atoms with Gasteiger partial charge in [-0.1, -0.05) is 23.2 Å². The Labute approximate surface area is 70.4 Å². The highest BCUT2D eigenvalue weighted by Crippen LogP contribution is 2.07. The summed E-state index contributed by atoms with van der Waals surface area (Å²) in [7, 11) is 0. The molecule has 0 rings (SSSR count). The molecule has 0 bridgehead atoms. The molecule has 0 aromatic carbocycles. The molecule has 2 nitrogen and oxygen atoms in total. The molecule has 0 N–H and O–H groups in total. The molecule has 0 aliphatic heterocycles. The van der Waals surface area contributed by atoms with E-state index in [0.29, 0.717) is 6.54 Å². The Kier molecular flexibility index (Phi) is 4.49. The molecule has 0 aliphatic rings. The summed E-state index contributed by atoms with van der Waals surface area (Å²) >= 11 is 10.7. The van der Waals surface area contributed by atoms with E-state index < -0.39 is 0 Å². The third-order valence-electron chi connectivity index (χ3n) is 0.999. The first-order valence-corrected chi connectivity index (χ1v) is 3.63. The lowest BCUT2D eigenvalue weighted by molar-refractivity contribution is -0.126. The van der Waals surface area contributed by atoms with E-state index in [0.717, 1.165) is 0 Å². The van der Waals surface area contributed by atoms with E-state index in [1.54, 1.807) is 0 Å². The highest BCUT2D eigenvalue weighted by molar-refractivity contribution is 6.55. The SMILES string of the molecule is CCN(C=C(Cl)Cl)C(C)=O. The van der Waals surface area contributed by atoms with Crippen molar-refractivity contribution in [2.24, 2.45) is 0 Å². The Balaban J connectivity index is 4.09. The van der Waals surface area contributed by atoms with Crippen LogP contribution in [0.4, 0.5) is 0 Å². The number of amides is 1. The fourth-order valence-corrected chi connectivity index (χ4v) is 0.758. The van der Waals surface area contributed by atoms with Crippen LogP contribution in [0.25, 0.3) is 0 Å². The Morgan fingerprint density at radius 3 is 2.20 bits per heavy atom. The lowest BCUT2D eigenvalue weighted by Gasteiger charge is -2.12. The van der Waals surface area contributed by atoms with E-state index in [2.05, 4.69) is 0 Å². The van der Waals surface area contributed by atoms with Gasteiger partial charge in [-0.05, 0) is 6.92 Å². The first kappa shape index (κ1) is 9.79. The van der Waals surface area contributed by atoms with Crippen molar-refractivity contribution in [3.8, 4) is 0 Å².